The van der Waals surface area contributed by atoms with E-state index in [9.17, 15) is 4.79 Å². The summed E-state index contributed by atoms with van der Waals surface area (Å²) in [5, 5.41) is 7.04. The number of carbonyl (C=O) groups excluding carboxylic acids is 1. The Morgan fingerprint density at radius 3 is 2.81 bits per heavy atom. The van der Waals surface area contributed by atoms with Gasteiger partial charge in [0.1, 0.15) is 5.60 Å². The first-order valence-electron chi connectivity index (χ1n) is 5.27. The minimum absolute atomic E-state index is 0.106. The second-order valence-corrected chi connectivity index (χ2v) is 4.20. The highest BCUT2D eigenvalue weighted by Gasteiger charge is 2.26. The van der Waals surface area contributed by atoms with Crippen molar-refractivity contribution in [3.05, 3.63) is 18.0 Å². The Bertz CT molecular complexity index is 358. The smallest absolute Gasteiger partial charge is 0.251 e. The van der Waals surface area contributed by atoms with Crippen LogP contribution in [0.4, 0.5) is 0 Å². The number of methoxy groups -OCH3 is 1. The molecule has 0 fully saturated rings. The fourth-order valence-electron chi connectivity index (χ4n) is 1.21. The summed E-state index contributed by atoms with van der Waals surface area (Å²) < 4.78 is 6.82. The first-order valence-corrected chi connectivity index (χ1v) is 5.27. The molecule has 1 aromatic rings. The van der Waals surface area contributed by atoms with Crippen molar-refractivity contribution in [2.24, 2.45) is 7.05 Å². The molecule has 0 aliphatic rings. The van der Waals surface area contributed by atoms with Crippen LogP contribution in [0.3, 0.4) is 0 Å². The summed E-state index contributed by atoms with van der Waals surface area (Å²) in [6.07, 6.45) is 2.61. The highest BCUT2D eigenvalue weighted by Crippen LogP contribution is 2.06. The average molecular weight is 225 g/mol. The predicted octanol–water partition coefficient (Wildman–Crippen LogP) is 0.504. The molecule has 16 heavy (non-hydrogen) atoms. The molecule has 0 radical (unpaired) electrons. The van der Waals surface area contributed by atoms with Gasteiger partial charge in [0, 0.05) is 33.3 Å². The summed E-state index contributed by atoms with van der Waals surface area (Å²) in [5.41, 5.74) is 0.197. The number of hydrogen-bond acceptors (Lipinski definition) is 3. The van der Waals surface area contributed by atoms with Gasteiger partial charge in [0.2, 0.25) is 0 Å². The molecule has 90 valence electrons. The topological polar surface area (TPSA) is 56.1 Å². The average Bonchev–Trinajstić information content (AvgIpc) is 2.64. The van der Waals surface area contributed by atoms with Gasteiger partial charge in [-0.15, -0.1) is 0 Å². The number of rotatable bonds is 5. The van der Waals surface area contributed by atoms with E-state index in [-0.39, 0.29) is 5.91 Å². The van der Waals surface area contributed by atoms with Crippen molar-refractivity contribution < 1.29 is 9.53 Å². The van der Waals surface area contributed by atoms with E-state index in [0.29, 0.717) is 6.54 Å². The second kappa shape index (κ2) is 5.12. The largest absolute Gasteiger partial charge is 0.369 e. The molecule has 1 aromatic heterocycles. The van der Waals surface area contributed by atoms with Gasteiger partial charge in [-0.2, -0.15) is 5.10 Å². The Kier molecular flexibility index (Phi) is 4.06. The van der Waals surface area contributed by atoms with Gasteiger partial charge in [-0.1, -0.05) is 0 Å². The van der Waals surface area contributed by atoms with Gasteiger partial charge in [0.25, 0.3) is 5.91 Å². The molecule has 5 nitrogen and oxygen atoms in total. The van der Waals surface area contributed by atoms with Gasteiger partial charge in [0.05, 0.1) is 5.69 Å². The molecular weight excluding hydrogens is 206 g/mol. The molecule has 1 rings (SSSR count). The van der Waals surface area contributed by atoms with Crippen LogP contribution in [0.1, 0.15) is 19.5 Å². The lowest BCUT2D eigenvalue weighted by Gasteiger charge is -2.21. The summed E-state index contributed by atoms with van der Waals surface area (Å²) in [4.78, 5) is 11.6. The molecule has 0 bridgehead atoms. The first-order chi connectivity index (χ1) is 7.45. The lowest BCUT2D eigenvalue weighted by atomic mass is 10.1. The van der Waals surface area contributed by atoms with Crippen molar-refractivity contribution in [1.29, 1.82) is 0 Å². The Morgan fingerprint density at radius 1 is 1.62 bits per heavy atom. The molecule has 0 aliphatic carbocycles. The number of ether oxygens (including phenoxy) is 1. The van der Waals surface area contributed by atoms with Crippen molar-refractivity contribution in [1.82, 2.24) is 15.1 Å². The summed E-state index contributed by atoms with van der Waals surface area (Å²) in [5.74, 6) is -0.106. The summed E-state index contributed by atoms with van der Waals surface area (Å²) >= 11 is 0. The number of nitrogens with one attached hydrogen (secondary N) is 1. The highest BCUT2D eigenvalue weighted by atomic mass is 16.5. The van der Waals surface area contributed by atoms with E-state index in [4.69, 9.17) is 4.74 Å². The Balaban J connectivity index is 2.33. The zero-order valence-corrected chi connectivity index (χ0v) is 10.3. The number of amides is 1. The molecule has 0 saturated heterocycles. The predicted molar refractivity (Wildman–Crippen MR) is 61.0 cm³/mol. The fraction of sp³-hybridized carbons (Fsp3) is 0.636. The van der Waals surface area contributed by atoms with Gasteiger partial charge in [-0.25, -0.2) is 0 Å². The second-order valence-electron chi connectivity index (χ2n) is 4.20. The maximum atomic E-state index is 11.6. The van der Waals surface area contributed by atoms with Crippen molar-refractivity contribution in [3.8, 4) is 0 Å². The monoisotopic (exact) mass is 225 g/mol. The van der Waals surface area contributed by atoms with E-state index >= 15 is 0 Å². The van der Waals surface area contributed by atoms with E-state index in [1.807, 2.05) is 19.3 Å². The zero-order valence-electron chi connectivity index (χ0n) is 10.3. The molecule has 1 amide bonds. The zero-order chi connectivity index (χ0) is 12.2. The third-order valence-corrected chi connectivity index (χ3v) is 2.49. The van der Waals surface area contributed by atoms with Crippen LogP contribution in [0.25, 0.3) is 0 Å². The molecule has 0 aliphatic heterocycles. The minimum Gasteiger partial charge on any atom is -0.369 e. The first kappa shape index (κ1) is 12.7. The normalized spacial score (nSPS) is 11.5. The molecule has 1 N–H and O–H groups in total. The molecule has 1 heterocycles. The number of hydrogen-bond donors (Lipinski definition) is 1. The third-order valence-electron chi connectivity index (χ3n) is 2.49. The minimum atomic E-state index is -0.774. The van der Waals surface area contributed by atoms with Crippen LogP contribution in [0.2, 0.25) is 0 Å². The van der Waals surface area contributed by atoms with E-state index < -0.39 is 5.60 Å². The number of carbonyl (C=O) groups is 1. The van der Waals surface area contributed by atoms with Gasteiger partial charge in [-0.05, 0) is 19.9 Å². The Hall–Kier alpha value is -1.36. The molecule has 0 saturated carbocycles. The van der Waals surface area contributed by atoms with Crippen LogP contribution in [-0.4, -0.2) is 34.9 Å². The van der Waals surface area contributed by atoms with Crippen LogP contribution in [0.15, 0.2) is 12.3 Å². The number of aryl methyl sites for hydroxylation is 1. The van der Waals surface area contributed by atoms with Gasteiger partial charge in [-0.3, -0.25) is 9.48 Å². The molecular formula is C11H19N3O2. The summed E-state index contributed by atoms with van der Waals surface area (Å²) in [6, 6.07) is 1.94. The number of nitrogens with zero attached hydrogens (tertiary/aromatic N) is 2. The van der Waals surface area contributed by atoms with Crippen LogP contribution in [0, 0.1) is 0 Å². The van der Waals surface area contributed by atoms with Crippen molar-refractivity contribution in [2.45, 2.75) is 25.9 Å². The molecule has 5 heteroatoms. The highest BCUT2D eigenvalue weighted by molar-refractivity contribution is 5.84. The quantitative estimate of drug-likeness (QED) is 0.794. The van der Waals surface area contributed by atoms with E-state index in [0.717, 1.165) is 12.1 Å². The fourth-order valence-corrected chi connectivity index (χ4v) is 1.21. The van der Waals surface area contributed by atoms with Gasteiger partial charge < -0.3 is 10.1 Å². The van der Waals surface area contributed by atoms with Crippen LogP contribution < -0.4 is 5.32 Å². The Labute approximate surface area is 95.8 Å². The molecule has 0 aromatic carbocycles. The summed E-state index contributed by atoms with van der Waals surface area (Å²) in [7, 11) is 3.40. The Morgan fingerprint density at radius 2 is 2.31 bits per heavy atom. The van der Waals surface area contributed by atoms with Gasteiger partial charge >= 0.3 is 0 Å². The maximum absolute atomic E-state index is 11.6. The van der Waals surface area contributed by atoms with Crippen LogP contribution in [0.5, 0.6) is 0 Å². The van der Waals surface area contributed by atoms with Crippen molar-refractivity contribution in [2.75, 3.05) is 13.7 Å². The lowest BCUT2D eigenvalue weighted by Crippen LogP contribution is -2.44. The van der Waals surface area contributed by atoms with Crippen molar-refractivity contribution >= 4 is 5.91 Å². The number of aromatic nitrogens is 2. The lowest BCUT2D eigenvalue weighted by molar-refractivity contribution is -0.139. The molecule has 0 spiro atoms. The van der Waals surface area contributed by atoms with E-state index in [1.54, 1.807) is 18.5 Å². The summed E-state index contributed by atoms with van der Waals surface area (Å²) in [6.45, 7) is 4.05. The van der Waals surface area contributed by atoms with Crippen LogP contribution in [-0.2, 0) is 23.0 Å². The van der Waals surface area contributed by atoms with E-state index in [2.05, 4.69) is 10.4 Å². The molecule has 0 atom stereocenters. The molecule has 0 unspecified atom stereocenters. The standard InChI is InChI=1S/C11H19N3O2/c1-11(2,16-4)10(15)12-7-5-9-6-8-14(3)13-9/h6,8H,5,7H2,1-4H3,(H,12,15). The third kappa shape index (κ3) is 3.34. The van der Waals surface area contributed by atoms with Crippen LogP contribution >= 0.6 is 0 Å². The van der Waals surface area contributed by atoms with Gasteiger partial charge in [0.15, 0.2) is 0 Å². The SMILES string of the molecule is COC(C)(C)C(=O)NCCc1ccn(C)n1. The maximum Gasteiger partial charge on any atom is 0.251 e. The van der Waals surface area contributed by atoms with E-state index in [1.165, 1.54) is 7.11 Å². The van der Waals surface area contributed by atoms with Crippen molar-refractivity contribution in [3.63, 3.8) is 0 Å².